The summed E-state index contributed by atoms with van der Waals surface area (Å²) in [5.41, 5.74) is 0.171. The summed E-state index contributed by atoms with van der Waals surface area (Å²) in [6, 6.07) is 0. The van der Waals surface area contributed by atoms with Crippen LogP contribution < -0.4 is 56.5 Å². The first-order valence-corrected chi connectivity index (χ1v) is 2.82. The molecule has 0 saturated heterocycles. The van der Waals surface area contributed by atoms with Crippen molar-refractivity contribution in [2.24, 2.45) is 5.41 Å². The molecule has 0 radical (unpaired) electrons. The number of rotatable bonds is 1. The Balaban J connectivity index is 0. The number of hydrogen-bond acceptors (Lipinski definition) is 1. The van der Waals surface area contributed by atoms with E-state index < -0.39 is 0 Å². The second-order valence-electron chi connectivity index (χ2n) is 2.94. The fourth-order valence-electron chi connectivity index (χ4n) is 0.402. The summed E-state index contributed by atoms with van der Waals surface area (Å²) in [4.78, 5) is 0. The van der Waals surface area contributed by atoms with Crippen molar-refractivity contribution in [1.29, 1.82) is 0 Å². The molecule has 0 N–H and O–H groups in total. The van der Waals surface area contributed by atoms with Crippen LogP contribution in [0.2, 0.25) is 0 Å². The maximum absolute atomic E-state index is 9.89. The Bertz CT molecular complexity index is 81.4. The summed E-state index contributed by atoms with van der Waals surface area (Å²) >= 11 is 0. The van der Waals surface area contributed by atoms with Gasteiger partial charge in [-0.25, -0.2) is 0 Å². The Labute approximate surface area is 100.0 Å². The SMILES string of the molecule is CC(C)(C)/C=C/C[O-].[K+]. The van der Waals surface area contributed by atoms with E-state index in [0.717, 1.165) is 0 Å². The summed E-state index contributed by atoms with van der Waals surface area (Å²) < 4.78 is 0. The molecule has 1 nitrogen and oxygen atoms in total. The Morgan fingerprint density at radius 1 is 1.33 bits per heavy atom. The van der Waals surface area contributed by atoms with Crippen molar-refractivity contribution in [2.75, 3.05) is 6.61 Å². The third-order valence-corrected chi connectivity index (χ3v) is 0.714. The van der Waals surface area contributed by atoms with Crippen LogP contribution in [0.15, 0.2) is 12.2 Å². The molecule has 0 fully saturated rings. The van der Waals surface area contributed by atoms with Crippen molar-refractivity contribution >= 4 is 0 Å². The predicted octanol–water partition coefficient (Wildman–Crippen LogP) is -2.05. The molecule has 48 valence electrons. The molecule has 0 rings (SSSR count). The maximum Gasteiger partial charge on any atom is 1.00 e. The summed E-state index contributed by atoms with van der Waals surface area (Å²) in [6.45, 7) is 6.11. The van der Waals surface area contributed by atoms with Gasteiger partial charge in [0, 0.05) is 0 Å². The zero-order valence-electron chi connectivity index (χ0n) is 6.77. The van der Waals surface area contributed by atoms with Crippen LogP contribution in [-0.2, 0) is 0 Å². The first-order valence-electron chi connectivity index (χ1n) is 2.82. The second-order valence-corrected chi connectivity index (χ2v) is 2.94. The summed E-state index contributed by atoms with van der Waals surface area (Å²) in [6.07, 6.45) is 3.58. The Morgan fingerprint density at radius 3 is 1.89 bits per heavy atom. The second kappa shape index (κ2) is 6.07. The van der Waals surface area contributed by atoms with E-state index in [4.69, 9.17) is 0 Å². The van der Waals surface area contributed by atoms with Crippen LogP contribution in [-0.4, -0.2) is 6.61 Å². The molecule has 0 aromatic heterocycles. The average molecular weight is 152 g/mol. The molecule has 0 unspecified atom stereocenters. The van der Waals surface area contributed by atoms with Crippen LogP contribution in [0.4, 0.5) is 0 Å². The molecule has 0 aromatic rings. The van der Waals surface area contributed by atoms with Crippen molar-refractivity contribution < 1.29 is 56.5 Å². The van der Waals surface area contributed by atoms with Crippen LogP contribution in [0.5, 0.6) is 0 Å². The number of hydrogen-bond donors (Lipinski definition) is 0. The van der Waals surface area contributed by atoms with E-state index in [0.29, 0.717) is 0 Å². The molecular weight excluding hydrogens is 139 g/mol. The molecule has 2 heteroatoms. The molecular formula is C7H13KO. The van der Waals surface area contributed by atoms with Crippen molar-refractivity contribution in [3.63, 3.8) is 0 Å². The Hall–Kier alpha value is 1.34. The first kappa shape index (κ1) is 13.0. The first-order chi connectivity index (χ1) is 3.56. The molecule has 0 bridgehead atoms. The minimum atomic E-state index is -0.0999. The van der Waals surface area contributed by atoms with Gasteiger partial charge in [-0.05, 0) is 5.41 Å². The minimum Gasteiger partial charge on any atom is -0.851 e. The van der Waals surface area contributed by atoms with E-state index in [1.807, 2.05) is 6.08 Å². The molecule has 0 aliphatic carbocycles. The predicted molar refractivity (Wildman–Crippen MR) is 33.5 cm³/mol. The van der Waals surface area contributed by atoms with E-state index in [9.17, 15) is 5.11 Å². The van der Waals surface area contributed by atoms with E-state index in [2.05, 4.69) is 20.8 Å². The van der Waals surface area contributed by atoms with Gasteiger partial charge < -0.3 is 5.11 Å². The van der Waals surface area contributed by atoms with E-state index in [-0.39, 0.29) is 63.4 Å². The van der Waals surface area contributed by atoms with E-state index in [1.165, 1.54) is 0 Å². The molecule has 0 atom stereocenters. The van der Waals surface area contributed by atoms with Crippen molar-refractivity contribution in [1.82, 2.24) is 0 Å². The molecule has 0 aliphatic rings. The fourth-order valence-corrected chi connectivity index (χ4v) is 0.402. The smallest absolute Gasteiger partial charge is 0.851 e. The average Bonchev–Trinajstić information content (AvgIpc) is 1.59. The van der Waals surface area contributed by atoms with Crippen LogP contribution in [0.1, 0.15) is 20.8 Å². The summed E-state index contributed by atoms with van der Waals surface area (Å²) in [5, 5.41) is 9.89. The molecule has 0 heterocycles. The minimum absolute atomic E-state index is 0. The zero-order valence-corrected chi connectivity index (χ0v) is 9.89. The van der Waals surface area contributed by atoms with Gasteiger partial charge >= 0.3 is 51.4 Å². The van der Waals surface area contributed by atoms with Gasteiger partial charge in [0.25, 0.3) is 0 Å². The van der Waals surface area contributed by atoms with Crippen LogP contribution in [0.25, 0.3) is 0 Å². The molecule has 9 heavy (non-hydrogen) atoms. The van der Waals surface area contributed by atoms with Crippen LogP contribution >= 0.6 is 0 Å². The van der Waals surface area contributed by atoms with Crippen LogP contribution in [0, 0.1) is 5.41 Å². The largest absolute Gasteiger partial charge is 1.00 e. The molecule has 0 spiro atoms. The van der Waals surface area contributed by atoms with Crippen molar-refractivity contribution in [2.45, 2.75) is 20.8 Å². The number of allylic oxidation sites excluding steroid dienone is 1. The van der Waals surface area contributed by atoms with Gasteiger partial charge in [0.15, 0.2) is 0 Å². The third kappa shape index (κ3) is 12.5. The van der Waals surface area contributed by atoms with Gasteiger partial charge in [0.05, 0.1) is 0 Å². The Kier molecular flexibility index (Phi) is 8.75. The molecule has 0 saturated carbocycles. The van der Waals surface area contributed by atoms with Gasteiger partial charge in [-0.1, -0.05) is 26.8 Å². The monoisotopic (exact) mass is 152 g/mol. The standard InChI is InChI=1S/C7H13O.K/c1-7(2,3)5-4-6-8;/h4-5H,6H2,1-3H3;/q-1;+1/b5-4+;. The normalized spacial score (nSPS) is 11.6. The third-order valence-electron chi connectivity index (χ3n) is 0.714. The fraction of sp³-hybridized carbons (Fsp3) is 0.714. The van der Waals surface area contributed by atoms with E-state index in [1.54, 1.807) is 6.08 Å². The molecule has 0 aromatic carbocycles. The van der Waals surface area contributed by atoms with Gasteiger partial charge in [0.2, 0.25) is 0 Å². The maximum atomic E-state index is 9.89. The summed E-state index contributed by atoms with van der Waals surface area (Å²) in [5.74, 6) is 0. The van der Waals surface area contributed by atoms with E-state index >= 15 is 0 Å². The van der Waals surface area contributed by atoms with Gasteiger partial charge in [-0.2, -0.15) is 0 Å². The van der Waals surface area contributed by atoms with Gasteiger partial charge in [0.1, 0.15) is 0 Å². The topological polar surface area (TPSA) is 23.1 Å². The summed E-state index contributed by atoms with van der Waals surface area (Å²) in [7, 11) is 0. The van der Waals surface area contributed by atoms with Gasteiger partial charge in [-0.15, -0.1) is 12.7 Å². The van der Waals surface area contributed by atoms with Crippen molar-refractivity contribution in [3.05, 3.63) is 12.2 Å². The van der Waals surface area contributed by atoms with Crippen molar-refractivity contribution in [3.8, 4) is 0 Å². The Morgan fingerprint density at radius 2 is 1.78 bits per heavy atom. The zero-order chi connectivity index (χ0) is 6.62. The quantitative estimate of drug-likeness (QED) is 0.313. The van der Waals surface area contributed by atoms with Gasteiger partial charge in [-0.3, -0.25) is 0 Å². The molecule has 0 aliphatic heterocycles. The molecule has 0 amide bonds. The van der Waals surface area contributed by atoms with Crippen LogP contribution in [0.3, 0.4) is 0 Å².